The minimum Gasteiger partial charge on any atom is -0.379 e. The number of nitrogens with two attached hydrogens (primary N) is 1. The maximum atomic E-state index is 5.83. The third-order valence-electron chi connectivity index (χ3n) is 4.50. The van der Waals surface area contributed by atoms with E-state index in [1.54, 1.807) is 0 Å². The van der Waals surface area contributed by atoms with E-state index in [0.717, 1.165) is 58.9 Å². The van der Waals surface area contributed by atoms with Gasteiger partial charge in [-0.15, -0.1) is 0 Å². The Balaban J connectivity index is 1.55. The lowest BCUT2D eigenvalue weighted by molar-refractivity contribution is 0.0326. The van der Waals surface area contributed by atoms with Gasteiger partial charge in [-0.25, -0.2) is 0 Å². The van der Waals surface area contributed by atoms with Crippen LogP contribution in [0, 0.1) is 0 Å². The van der Waals surface area contributed by atoms with Gasteiger partial charge in [0.15, 0.2) is 0 Å². The molecule has 2 aliphatic rings. The Kier molecular flexibility index (Phi) is 4.68. The summed E-state index contributed by atoms with van der Waals surface area (Å²) < 4.78 is 5.40. The predicted molar refractivity (Wildman–Crippen MR) is 80.6 cm³/mol. The highest BCUT2D eigenvalue weighted by atomic mass is 16.5. The Labute approximate surface area is 121 Å². The van der Waals surface area contributed by atoms with Crippen LogP contribution in [-0.2, 0) is 24.2 Å². The molecule has 1 aromatic carbocycles. The molecular weight excluding hydrogens is 250 g/mol. The fraction of sp³-hybridized carbons (Fsp3) is 0.625. The van der Waals surface area contributed by atoms with Crippen LogP contribution < -0.4 is 5.73 Å². The zero-order valence-electron chi connectivity index (χ0n) is 12.2. The third-order valence-corrected chi connectivity index (χ3v) is 4.50. The molecule has 3 rings (SSSR count). The molecule has 0 bridgehead atoms. The Morgan fingerprint density at radius 2 is 1.85 bits per heavy atom. The fourth-order valence-corrected chi connectivity index (χ4v) is 3.24. The van der Waals surface area contributed by atoms with Crippen molar-refractivity contribution in [2.75, 3.05) is 45.9 Å². The van der Waals surface area contributed by atoms with Crippen LogP contribution in [-0.4, -0.2) is 55.7 Å². The summed E-state index contributed by atoms with van der Waals surface area (Å²) in [5.74, 6) is 0. The molecule has 0 spiro atoms. The summed E-state index contributed by atoms with van der Waals surface area (Å²) in [6.07, 6.45) is 1.14. The minimum atomic E-state index is 0.664. The van der Waals surface area contributed by atoms with Gasteiger partial charge in [0, 0.05) is 45.8 Å². The molecule has 0 amide bonds. The summed E-state index contributed by atoms with van der Waals surface area (Å²) in [4.78, 5) is 5.08. The van der Waals surface area contributed by atoms with Gasteiger partial charge >= 0.3 is 0 Å². The summed E-state index contributed by atoms with van der Waals surface area (Å²) in [7, 11) is 0. The molecule has 0 aromatic heterocycles. The molecule has 4 nitrogen and oxygen atoms in total. The molecular formula is C16H25N3O. The van der Waals surface area contributed by atoms with Gasteiger partial charge in [0.2, 0.25) is 0 Å². The molecule has 1 fully saturated rings. The zero-order chi connectivity index (χ0) is 13.8. The molecule has 0 saturated carbocycles. The number of ether oxygens (including phenoxy) is 1. The second-order valence-corrected chi connectivity index (χ2v) is 5.74. The molecule has 110 valence electrons. The molecule has 4 heteroatoms. The molecule has 20 heavy (non-hydrogen) atoms. The van der Waals surface area contributed by atoms with Crippen molar-refractivity contribution in [3.63, 3.8) is 0 Å². The van der Waals surface area contributed by atoms with E-state index < -0.39 is 0 Å². The lowest BCUT2D eigenvalue weighted by atomic mass is 9.94. The summed E-state index contributed by atoms with van der Waals surface area (Å²) in [6, 6.07) is 6.57. The summed E-state index contributed by atoms with van der Waals surface area (Å²) in [5.41, 5.74) is 10.1. The first-order valence-electron chi connectivity index (χ1n) is 7.69. The van der Waals surface area contributed by atoms with Gasteiger partial charge in [-0.05, 0) is 23.1 Å². The summed E-state index contributed by atoms with van der Waals surface area (Å²) >= 11 is 0. The summed E-state index contributed by atoms with van der Waals surface area (Å²) in [5, 5.41) is 0. The zero-order valence-corrected chi connectivity index (χ0v) is 12.2. The van der Waals surface area contributed by atoms with Gasteiger partial charge in [-0.1, -0.05) is 18.2 Å². The molecule has 1 aromatic rings. The highest BCUT2D eigenvalue weighted by molar-refractivity contribution is 5.36. The van der Waals surface area contributed by atoms with Crippen LogP contribution in [0.25, 0.3) is 0 Å². The van der Waals surface area contributed by atoms with E-state index >= 15 is 0 Å². The number of fused-ring (bicyclic) bond motifs is 1. The molecule has 2 N–H and O–H groups in total. The standard InChI is InChI=1S/C16H25N3O/c17-12-14-2-1-3-15-13-19(5-4-16(14)15)7-6-18-8-10-20-11-9-18/h1-3H,4-13,17H2. The van der Waals surface area contributed by atoms with Gasteiger partial charge in [0.1, 0.15) is 0 Å². The summed E-state index contributed by atoms with van der Waals surface area (Å²) in [6.45, 7) is 9.18. The van der Waals surface area contributed by atoms with E-state index in [1.165, 1.54) is 16.7 Å². The Hall–Kier alpha value is -0.940. The van der Waals surface area contributed by atoms with Gasteiger partial charge in [-0.2, -0.15) is 0 Å². The number of hydrogen-bond donors (Lipinski definition) is 1. The lowest BCUT2D eigenvalue weighted by Crippen LogP contribution is -2.42. The van der Waals surface area contributed by atoms with Crippen molar-refractivity contribution in [2.24, 2.45) is 5.73 Å². The van der Waals surface area contributed by atoms with Crippen LogP contribution in [0.2, 0.25) is 0 Å². The van der Waals surface area contributed by atoms with Crippen molar-refractivity contribution in [3.8, 4) is 0 Å². The Bertz CT molecular complexity index is 443. The van der Waals surface area contributed by atoms with E-state index in [1.807, 2.05) is 0 Å². The minimum absolute atomic E-state index is 0.664. The first kappa shape index (κ1) is 14.0. The number of hydrogen-bond acceptors (Lipinski definition) is 4. The van der Waals surface area contributed by atoms with Crippen molar-refractivity contribution >= 4 is 0 Å². The van der Waals surface area contributed by atoms with Crippen molar-refractivity contribution in [1.82, 2.24) is 9.80 Å². The van der Waals surface area contributed by atoms with E-state index in [0.29, 0.717) is 6.54 Å². The van der Waals surface area contributed by atoms with E-state index in [-0.39, 0.29) is 0 Å². The molecule has 1 saturated heterocycles. The van der Waals surface area contributed by atoms with Crippen molar-refractivity contribution in [3.05, 3.63) is 34.9 Å². The maximum absolute atomic E-state index is 5.83. The van der Waals surface area contributed by atoms with E-state index in [4.69, 9.17) is 10.5 Å². The van der Waals surface area contributed by atoms with Crippen LogP contribution in [0.1, 0.15) is 16.7 Å². The van der Waals surface area contributed by atoms with Gasteiger partial charge < -0.3 is 10.5 Å². The van der Waals surface area contributed by atoms with Crippen LogP contribution in [0.15, 0.2) is 18.2 Å². The van der Waals surface area contributed by atoms with Crippen LogP contribution in [0.3, 0.4) is 0 Å². The molecule has 0 aliphatic carbocycles. The number of nitrogens with zero attached hydrogens (tertiary/aromatic N) is 2. The second-order valence-electron chi connectivity index (χ2n) is 5.74. The quantitative estimate of drug-likeness (QED) is 0.884. The van der Waals surface area contributed by atoms with Gasteiger partial charge in [-0.3, -0.25) is 9.80 Å². The molecule has 0 radical (unpaired) electrons. The van der Waals surface area contributed by atoms with Crippen molar-refractivity contribution in [1.29, 1.82) is 0 Å². The topological polar surface area (TPSA) is 41.7 Å². The van der Waals surface area contributed by atoms with Crippen LogP contribution >= 0.6 is 0 Å². The number of rotatable bonds is 4. The average Bonchev–Trinajstić information content (AvgIpc) is 2.53. The van der Waals surface area contributed by atoms with E-state index in [9.17, 15) is 0 Å². The van der Waals surface area contributed by atoms with Gasteiger partial charge in [0.05, 0.1) is 13.2 Å². The molecule has 2 heterocycles. The first-order valence-corrected chi connectivity index (χ1v) is 7.69. The maximum Gasteiger partial charge on any atom is 0.0594 e. The molecule has 0 atom stereocenters. The molecule has 2 aliphatic heterocycles. The Morgan fingerprint density at radius 1 is 1.05 bits per heavy atom. The Morgan fingerprint density at radius 3 is 2.65 bits per heavy atom. The number of morpholine rings is 1. The largest absolute Gasteiger partial charge is 0.379 e. The highest BCUT2D eigenvalue weighted by Crippen LogP contribution is 2.22. The van der Waals surface area contributed by atoms with Crippen LogP contribution in [0.4, 0.5) is 0 Å². The average molecular weight is 275 g/mol. The SMILES string of the molecule is NCc1cccc2c1CCN(CCN1CCOCC1)C2. The molecule has 0 unspecified atom stereocenters. The second kappa shape index (κ2) is 6.68. The smallest absolute Gasteiger partial charge is 0.0594 e. The lowest BCUT2D eigenvalue weighted by Gasteiger charge is -2.33. The van der Waals surface area contributed by atoms with Crippen LogP contribution in [0.5, 0.6) is 0 Å². The monoisotopic (exact) mass is 275 g/mol. The van der Waals surface area contributed by atoms with Crippen molar-refractivity contribution in [2.45, 2.75) is 19.5 Å². The first-order chi connectivity index (χ1) is 9.86. The van der Waals surface area contributed by atoms with Gasteiger partial charge in [0.25, 0.3) is 0 Å². The third kappa shape index (κ3) is 3.20. The normalized spacial score (nSPS) is 20.9. The van der Waals surface area contributed by atoms with E-state index in [2.05, 4.69) is 28.0 Å². The van der Waals surface area contributed by atoms with Crippen molar-refractivity contribution < 1.29 is 4.74 Å². The predicted octanol–water partition coefficient (Wildman–Crippen LogP) is 0.836. The fourth-order valence-electron chi connectivity index (χ4n) is 3.24. The number of benzene rings is 1. The highest BCUT2D eigenvalue weighted by Gasteiger charge is 2.19.